The maximum absolute atomic E-state index is 12.6. The van der Waals surface area contributed by atoms with E-state index >= 15 is 0 Å². The highest BCUT2D eigenvalue weighted by Crippen LogP contribution is 2.44. The summed E-state index contributed by atoms with van der Waals surface area (Å²) in [4.78, 5) is 24.3. The molecule has 11 nitrogen and oxygen atoms in total. The molecule has 8 atom stereocenters. The van der Waals surface area contributed by atoms with Gasteiger partial charge < -0.3 is 40.7 Å². The monoisotopic (exact) mass is 422 g/mol. The summed E-state index contributed by atoms with van der Waals surface area (Å²) in [5.74, 6) is -0.315. The van der Waals surface area contributed by atoms with Gasteiger partial charge in [-0.05, 0) is 12.8 Å². The predicted molar refractivity (Wildman–Crippen MR) is 95.2 cm³/mol. The lowest BCUT2D eigenvalue weighted by Crippen LogP contribution is -2.75. The first-order chi connectivity index (χ1) is 13.2. The van der Waals surface area contributed by atoms with Gasteiger partial charge in [-0.25, -0.2) is 4.79 Å². The second-order valence-electron chi connectivity index (χ2n) is 7.34. The van der Waals surface area contributed by atoms with Gasteiger partial charge in [0, 0.05) is 17.4 Å². The van der Waals surface area contributed by atoms with Gasteiger partial charge in [0.2, 0.25) is 0 Å². The quantitative estimate of drug-likeness (QED) is 0.173. The normalized spacial score (nSPS) is 43.1. The SMILES string of the molecule is O=C(O)CCCC[C@H]1SC[C@H]2NC(=O)N([C@]3(O)[C@H](O)[C@H](O)[C@@H](O)O[C@@H]3CO)[C@H]21. The Bertz CT molecular complexity index is 607. The minimum absolute atomic E-state index is 0.0412. The minimum atomic E-state index is -2.44. The summed E-state index contributed by atoms with van der Waals surface area (Å²) < 4.78 is 5.05. The molecule has 0 aliphatic carbocycles. The molecule has 0 saturated carbocycles. The number of unbranched alkanes of at least 4 members (excludes halogenated alkanes) is 1. The van der Waals surface area contributed by atoms with Gasteiger partial charge >= 0.3 is 12.0 Å². The number of thioether (sulfide) groups is 1. The van der Waals surface area contributed by atoms with Crippen molar-refractivity contribution in [3.05, 3.63) is 0 Å². The number of aliphatic carboxylic acids is 1. The summed E-state index contributed by atoms with van der Waals surface area (Å²) in [6.45, 7) is -0.797. The summed E-state index contributed by atoms with van der Waals surface area (Å²) in [7, 11) is 0. The van der Waals surface area contributed by atoms with Crippen LogP contribution in [0.1, 0.15) is 25.7 Å². The van der Waals surface area contributed by atoms with E-state index in [4.69, 9.17) is 9.84 Å². The number of aliphatic hydroxyl groups is 5. The maximum Gasteiger partial charge on any atom is 0.320 e. The fraction of sp³-hybridized carbons (Fsp3) is 0.875. The lowest BCUT2D eigenvalue weighted by Gasteiger charge is -2.52. The molecule has 0 spiro atoms. The fourth-order valence-electron chi connectivity index (χ4n) is 4.22. The molecule has 3 heterocycles. The molecule has 0 aromatic rings. The van der Waals surface area contributed by atoms with Crippen LogP contribution in [-0.2, 0) is 9.53 Å². The number of fused-ring (bicyclic) bond motifs is 1. The van der Waals surface area contributed by atoms with E-state index in [9.17, 15) is 35.1 Å². The zero-order valence-electron chi connectivity index (χ0n) is 15.0. The second-order valence-corrected chi connectivity index (χ2v) is 8.62. The first-order valence-corrected chi connectivity index (χ1v) is 10.2. The van der Waals surface area contributed by atoms with Crippen molar-refractivity contribution in [3.8, 4) is 0 Å². The van der Waals surface area contributed by atoms with Gasteiger partial charge in [-0.1, -0.05) is 6.42 Å². The number of urea groups is 1. The molecule has 3 saturated heterocycles. The van der Waals surface area contributed by atoms with E-state index < -0.39 is 55.0 Å². The van der Waals surface area contributed by atoms with Gasteiger partial charge in [0.25, 0.3) is 0 Å². The molecule has 0 bridgehead atoms. The molecule has 7 N–H and O–H groups in total. The molecule has 2 amide bonds. The minimum Gasteiger partial charge on any atom is -0.481 e. The van der Waals surface area contributed by atoms with E-state index in [2.05, 4.69) is 5.32 Å². The van der Waals surface area contributed by atoms with Crippen molar-refractivity contribution in [2.24, 2.45) is 0 Å². The van der Waals surface area contributed by atoms with Crippen molar-refractivity contribution in [3.63, 3.8) is 0 Å². The molecule has 28 heavy (non-hydrogen) atoms. The van der Waals surface area contributed by atoms with Crippen LogP contribution in [0.2, 0.25) is 0 Å². The van der Waals surface area contributed by atoms with Gasteiger partial charge in [0.1, 0.15) is 18.3 Å². The Hall–Kier alpha value is -1.15. The van der Waals surface area contributed by atoms with E-state index in [0.717, 1.165) is 4.90 Å². The van der Waals surface area contributed by atoms with Crippen molar-refractivity contribution in [2.45, 2.75) is 73.3 Å². The number of hydrogen-bond acceptors (Lipinski definition) is 9. The summed E-state index contributed by atoms with van der Waals surface area (Å²) in [5.41, 5.74) is -2.44. The third kappa shape index (κ3) is 3.58. The predicted octanol–water partition coefficient (Wildman–Crippen LogP) is -2.37. The number of carbonyl (C=O) groups is 2. The average Bonchev–Trinajstić information content (AvgIpc) is 3.18. The van der Waals surface area contributed by atoms with Crippen LogP contribution in [0.3, 0.4) is 0 Å². The molecule has 3 rings (SSSR count). The number of hydrogen-bond donors (Lipinski definition) is 7. The highest BCUT2D eigenvalue weighted by molar-refractivity contribution is 8.00. The molecular formula is C16H26N2O9S. The number of carboxylic acids is 1. The smallest absolute Gasteiger partial charge is 0.320 e. The average molecular weight is 422 g/mol. The number of amides is 2. The van der Waals surface area contributed by atoms with Crippen molar-refractivity contribution in [1.82, 2.24) is 10.2 Å². The maximum atomic E-state index is 12.6. The molecular weight excluding hydrogens is 396 g/mol. The summed E-state index contributed by atoms with van der Waals surface area (Å²) in [6, 6.07) is -1.54. The van der Waals surface area contributed by atoms with E-state index in [1.165, 1.54) is 0 Å². The number of rotatable bonds is 7. The Morgan fingerprint density at radius 3 is 2.68 bits per heavy atom. The number of ether oxygens (including phenoxy) is 1. The van der Waals surface area contributed by atoms with Crippen molar-refractivity contribution in [2.75, 3.05) is 12.4 Å². The van der Waals surface area contributed by atoms with E-state index in [-0.39, 0.29) is 17.7 Å². The second kappa shape index (κ2) is 8.30. The molecule has 3 fully saturated rings. The Labute approximate surface area is 165 Å². The number of carboxylic acid groups (broad SMARTS) is 1. The Kier molecular flexibility index (Phi) is 6.39. The molecule has 0 radical (unpaired) electrons. The highest BCUT2D eigenvalue weighted by Gasteiger charge is 2.65. The number of carbonyl (C=O) groups excluding carboxylic acids is 1. The Morgan fingerprint density at radius 1 is 1.32 bits per heavy atom. The van der Waals surface area contributed by atoms with Crippen LogP contribution in [0.5, 0.6) is 0 Å². The molecule has 160 valence electrons. The van der Waals surface area contributed by atoms with Crippen LogP contribution >= 0.6 is 11.8 Å². The molecule has 3 aliphatic rings. The molecule has 3 aliphatic heterocycles. The van der Waals surface area contributed by atoms with Crippen LogP contribution in [0.25, 0.3) is 0 Å². The first-order valence-electron chi connectivity index (χ1n) is 9.18. The lowest BCUT2D eigenvalue weighted by atomic mass is 9.88. The largest absolute Gasteiger partial charge is 0.481 e. The van der Waals surface area contributed by atoms with Crippen molar-refractivity contribution < 1.29 is 45.0 Å². The number of nitrogens with one attached hydrogen (secondary N) is 1. The Morgan fingerprint density at radius 2 is 2.04 bits per heavy atom. The first kappa shape index (κ1) is 21.6. The van der Waals surface area contributed by atoms with E-state index in [0.29, 0.717) is 25.0 Å². The topological polar surface area (TPSA) is 180 Å². The molecule has 12 heteroatoms. The fourth-order valence-corrected chi connectivity index (χ4v) is 5.80. The summed E-state index contributed by atoms with van der Waals surface area (Å²) in [5, 5.41) is 62.4. The van der Waals surface area contributed by atoms with Crippen molar-refractivity contribution in [1.29, 1.82) is 0 Å². The van der Waals surface area contributed by atoms with Crippen LogP contribution in [0, 0.1) is 0 Å². The lowest BCUT2D eigenvalue weighted by molar-refractivity contribution is -0.351. The van der Waals surface area contributed by atoms with Gasteiger partial charge in [-0.2, -0.15) is 11.8 Å². The third-order valence-corrected chi connectivity index (χ3v) is 7.11. The van der Waals surface area contributed by atoms with Gasteiger partial charge in [0.05, 0.1) is 18.7 Å². The van der Waals surface area contributed by atoms with Crippen LogP contribution in [0.15, 0.2) is 0 Å². The summed E-state index contributed by atoms with van der Waals surface area (Å²) in [6.07, 6.45) is -5.46. The van der Waals surface area contributed by atoms with E-state index in [1.807, 2.05) is 0 Å². The molecule has 0 aromatic heterocycles. The van der Waals surface area contributed by atoms with E-state index in [1.54, 1.807) is 11.8 Å². The molecule has 0 aromatic carbocycles. The summed E-state index contributed by atoms with van der Waals surface area (Å²) >= 11 is 1.56. The zero-order chi connectivity index (χ0) is 20.6. The highest BCUT2D eigenvalue weighted by atomic mass is 32.2. The molecule has 0 unspecified atom stereocenters. The van der Waals surface area contributed by atoms with Gasteiger partial charge in [-0.3, -0.25) is 9.69 Å². The standard InChI is InChI=1S/C16H26N2O9S/c19-5-9-16(26,13(23)12(22)14(24)27-9)18-11-7(17-15(18)25)6-28-8(11)3-1-2-4-10(20)21/h7-9,11-14,19,22-24,26H,1-6H2,(H,17,25)(H,20,21)/t7-,8-,9-,11-,12+,13-,14+,16-/m1/s1. The number of aliphatic hydroxyl groups excluding tert-OH is 4. The zero-order valence-corrected chi connectivity index (χ0v) is 15.9. The Balaban J connectivity index is 1.82. The van der Waals surface area contributed by atoms with Crippen LogP contribution < -0.4 is 5.32 Å². The van der Waals surface area contributed by atoms with Gasteiger partial charge in [0.15, 0.2) is 12.0 Å². The van der Waals surface area contributed by atoms with Crippen LogP contribution in [-0.4, -0.2) is 108 Å². The third-order valence-electron chi connectivity index (χ3n) is 5.62. The number of nitrogens with zero attached hydrogens (tertiary/aromatic N) is 1. The van der Waals surface area contributed by atoms with Gasteiger partial charge in [-0.15, -0.1) is 0 Å². The van der Waals surface area contributed by atoms with Crippen molar-refractivity contribution >= 4 is 23.8 Å². The van der Waals surface area contributed by atoms with Crippen LogP contribution in [0.4, 0.5) is 4.79 Å².